The highest BCUT2D eigenvalue weighted by Crippen LogP contribution is 2.55. The van der Waals surface area contributed by atoms with Crippen molar-refractivity contribution in [1.29, 1.82) is 0 Å². The van der Waals surface area contributed by atoms with E-state index in [0.717, 1.165) is 46.4 Å². The lowest BCUT2D eigenvalue weighted by Crippen LogP contribution is -2.37. The Morgan fingerprint density at radius 1 is 0.923 bits per heavy atom. The largest absolute Gasteiger partial charge is 0.444 e. The molecule has 0 bridgehead atoms. The van der Waals surface area contributed by atoms with E-state index in [-0.39, 0.29) is 0 Å². The maximum Gasteiger partial charge on any atom is 0.281 e. The molecule has 1 aliphatic heterocycles. The van der Waals surface area contributed by atoms with Gasteiger partial charge in [-0.1, -0.05) is 44.2 Å². The normalized spacial score (nSPS) is 21.5. The molecule has 0 radical (unpaired) electrons. The number of hydrogen-bond acceptors (Lipinski definition) is 3. The number of hydrogen-bond donors (Lipinski definition) is 1. The van der Waals surface area contributed by atoms with E-state index < -0.39 is 5.79 Å². The summed E-state index contributed by atoms with van der Waals surface area (Å²) in [5.41, 5.74) is 9.36. The minimum atomic E-state index is -0.687. The van der Waals surface area contributed by atoms with Gasteiger partial charge in [-0.3, -0.25) is 0 Å². The average molecular weight is 345 g/mol. The minimum absolute atomic E-state index is 0.389. The van der Waals surface area contributed by atoms with Gasteiger partial charge in [-0.05, 0) is 59.4 Å². The molecule has 3 aromatic carbocycles. The summed E-state index contributed by atoms with van der Waals surface area (Å²) in [6, 6.07) is 18.7. The zero-order valence-electron chi connectivity index (χ0n) is 15.2. The van der Waals surface area contributed by atoms with Gasteiger partial charge in [-0.2, -0.15) is 0 Å². The van der Waals surface area contributed by atoms with Crippen molar-refractivity contribution in [3.63, 3.8) is 0 Å². The predicted octanol–water partition coefficient (Wildman–Crippen LogP) is 5.58. The van der Waals surface area contributed by atoms with Crippen LogP contribution in [-0.4, -0.2) is 0 Å². The van der Waals surface area contributed by atoms with Gasteiger partial charge in [0.05, 0.1) is 0 Å². The number of anilines is 1. The highest BCUT2D eigenvalue weighted by molar-refractivity contribution is 5.90. The molecule has 3 aromatic rings. The maximum atomic E-state index is 6.49. The molecule has 3 heteroatoms. The van der Waals surface area contributed by atoms with E-state index in [2.05, 4.69) is 44.2 Å². The molecule has 2 aliphatic rings. The van der Waals surface area contributed by atoms with Crippen LogP contribution in [0.2, 0.25) is 0 Å². The Morgan fingerprint density at radius 2 is 1.54 bits per heavy atom. The molecule has 0 saturated heterocycles. The van der Waals surface area contributed by atoms with Gasteiger partial charge >= 0.3 is 0 Å². The van der Waals surface area contributed by atoms with Crippen molar-refractivity contribution >= 4 is 16.5 Å². The number of rotatable bonds is 3. The maximum absolute atomic E-state index is 6.49. The van der Waals surface area contributed by atoms with Gasteiger partial charge in [-0.25, -0.2) is 0 Å². The smallest absolute Gasteiger partial charge is 0.281 e. The second kappa shape index (κ2) is 5.41. The van der Waals surface area contributed by atoms with Crippen LogP contribution in [0.15, 0.2) is 54.6 Å². The molecule has 3 nitrogen and oxygen atoms in total. The lowest BCUT2D eigenvalue weighted by Gasteiger charge is -2.28. The second-order valence-electron chi connectivity index (χ2n) is 7.79. The lowest BCUT2D eigenvalue weighted by molar-refractivity contribution is -0.106. The Kier molecular flexibility index (Phi) is 3.24. The molecule has 0 aromatic heterocycles. The number of benzene rings is 3. The summed E-state index contributed by atoms with van der Waals surface area (Å²) < 4.78 is 13.0. The van der Waals surface area contributed by atoms with Gasteiger partial charge < -0.3 is 15.2 Å². The van der Waals surface area contributed by atoms with Crippen molar-refractivity contribution < 1.29 is 9.47 Å². The Hall–Kier alpha value is -2.68. The summed E-state index contributed by atoms with van der Waals surface area (Å²) in [5, 5.41) is 2.24. The Morgan fingerprint density at radius 3 is 2.12 bits per heavy atom. The van der Waals surface area contributed by atoms with Crippen LogP contribution in [0, 0.1) is 5.92 Å². The molecular formula is C23H23NO2. The van der Waals surface area contributed by atoms with Crippen LogP contribution in [0.1, 0.15) is 43.7 Å². The molecule has 26 heavy (non-hydrogen) atoms. The third-order valence-corrected chi connectivity index (χ3v) is 5.54. The molecule has 0 spiro atoms. The molecule has 2 N–H and O–H groups in total. The molecule has 132 valence electrons. The first kappa shape index (κ1) is 15.6. The van der Waals surface area contributed by atoms with E-state index in [1.165, 1.54) is 5.56 Å². The van der Waals surface area contributed by atoms with Crippen LogP contribution < -0.4 is 15.2 Å². The van der Waals surface area contributed by atoms with Gasteiger partial charge in [0.25, 0.3) is 5.79 Å². The van der Waals surface area contributed by atoms with E-state index in [4.69, 9.17) is 15.2 Å². The van der Waals surface area contributed by atoms with Crippen molar-refractivity contribution in [2.75, 3.05) is 5.73 Å². The van der Waals surface area contributed by atoms with Crippen LogP contribution >= 0.6 is 0 Å². The summed E-state index contributed by atoms with van der Waals surface area (Å²) in [7, 11) is 0. The summed E-state index contributed by atoms with van der Waals surface area (Å²) >= 11 is 0. The number of ether oxygens (including phenoxy) is 2. The zero-order chi connectivity index (χ0) is 17.9. The van der Waals surface area contributed by atoms with E-state index in [1.54, 1.807) is 0 Å². The van der Waals surface area contributed by atoms with Crippen LogP contribution in [0.5, 0.6) is 11.5 Å². The molecular weight excluding hydrogens is 322 g/mol. The zero-order valence-corrected chi connectivity index (χ0v) is 15.2. The first-order chi connectivity index (χ1) is 12.6. The van der Waals surface area contributed by atoms with E-state index >= 15 is 0 Å². The number of nitrogens with two attached hydrogens (primary N) is 1. The summed E-state index contributed by atoms with van der Waals surface area (Å²) in [5.74, 6) is 1.74. The van der Waals surface area contributed by atoms with Crippen molar-refractivity contribution in [2.45, 2.75) is 38.4 Å². The summed E-state index contributed by atoms with van der Waals surface area (Å²) in [6.45, 7) is 4.33. The molecule has 1 atom stereocenters. The molecule has 1 fully saturated rings. The SMILES string of the molecule is CC(C)c1cc2cc3c(cc2cc1N)OC(c1ccccc1)(C1CC1)O3. The average Bonchev–Trinajstić information content (AvgIpc) is 3.42. The fraction of sp³-hybridized carbons (Fsp3) is 0.304. The molecule has 5 rings (SSSR count). The van der Waals surface area contributed by atoms with Gasteiger partial charge in [0.15, 0.2) is 11.5 Å². The van der Waals surface area contributed by atoms with E-state index in [1.807, 2.05) is 24.3 Å². The highest BCUT2D eigenvalue weighted by Gasteiger charge is 2.55. The summed E-state index contributed by atoms with van der Waals surface area (Å²) in [6.07, 6.45) is 2.26. The van der Waals surface area contributed by atoms with E-state index in [9.17, 15) is 0 Å². The van der Waals surface area contributed by atoms with Crippen molar-refractivity contribution in [1.82, 2.24) is 0 Å². The number of nitrogen functional groups attached to an aromatic ring is 1. The fourth-order valence-corrected chi connectivity index (χ4v) is 4.00. The predicted molar refractivity (Wildman–Crippen MR) is 105 cm³/mol. The monoisotopic (exact) mass is 345 g/mol. The van der Waals surface area contributed by atoms with Crippen molar-refractivity contribution in [3.8, 4) is 11.5 Å². The topological polar surface area (TPSA) is 44.5 Å². The quantitative estimate of drug-likeness (QED) is 0.630. The molecule has 0 amide bonds. The van der Waals surface area contributed by atoms with Gasteiger partial charge in [0.2, 0.25) is 0 Å². The standard InChI is InChI=1S/C23H23NO2/c1-14(2)19-10-15-12-21-22(13-16(15)11-20(19)24)26-23(25-21,18-8-9-18)17-6-4-3-5-7-17/h3-7,10-14,18H,8-9,24H2,1-2H3. The van der Waals surface area contributed by atoms with Gasteiger partial charge in [0.1, 0.15) is 0 Å². The van der Waals surface area contributed by atoms with Gasteiger partial charge in [-0.15, -0.1) is 0 Å². The Balaban J connectivity index is 1.63. The number of fused-ring (bicyclic) bond motifs is 2. The van der Waals surface area contributed by atoms with Crippen LogP contribution in [0.25, 0.3) is 10.8 Å². The van der Waals surface area contributed by atoms with Gasteiger partial charge in [0, 0.05) is 17.2 Å². The van der Waals surface area contributed by atoms with Crippen LogP contribution in [0.4, 0.5) is 5.69 Å². The Bertz CT molecular complexity index is 992. The molecule has 1 unspecified atom stereocenters. The van der Waals surface area contributed by atoms with Crippen LogP contribution in [-0.2, 0) is 5.79 Å². The highest BCUT2D eigenvalue weighted by atomic mass is 16.7. The van der Waals surface area contributed by atoms with Crippen LogP contribution in [0.3, 0.4) is 0 Å². The first-order valence-electron chi connectivity index (χ1n) is 9.37. The van der Waals surface area contributed by atoms with Crippen molar-refractivity contribution in [2.24, 2.45) is 5.92 Å². The molecule has 1 heterocycles. The fourth-order valence-electron chi connectivity index (χ4n) is 4.00. The summed E-state index contributed by atoms with van der Waals surface area (Å²) in [4.78, 5) is 0. The lowest BCUT2D eigenvalue weighted by atomic mass is 9.97. The second-order valence-corrected chi connectivity index (χ2v) is 7.79. The first-order valence-corrected chi connectivity index (χ1v) is 9.37. The third-order valence-electron chi connectivity index (χ3n) is 5.54. The molecule has 1 saturated carbocycles. The van der Waals surface area contributed by atoms with E-state index in [0.29, 0.717) is 11.8 Å². The minimum Gasteiger partial charge on any atom is -0.444 e. The molecule has 1 aliphatic carbocycles. The Labute approximate surface area is 153 Å². The third kappa shape index (κ3) is 2.27. The van der Waals surface area contributed by atoms with Crippen molar-refractivity contribution in [3.05, 3.63) is 65.7 Å².